The highest BCUT2D eigenvalue weighted by atomic mass is 32.2. The molecular formula is C47H57N9O5S. The highest BCUT2D eigenvalue weighted by Crippen LogP contribution is 2.54. The van der Waals surface area contributed by atoms with E-state index in [1.165, 1.54) is 61.7 Å². The topological polar surface area (TPSA) is 162 Å². The smallest absolute Gasteiger partial charge is 0.270 e. The van der Waals surface area contributed by atoms with Crippen molar-refractivity contribution in [2.75, 3.05) is 74.6 Å². The summed E-state index contributed by atoms with van der Waals surface area (Å²) in [6.45, 7) is 12.3. The van der Waals surface area contributed by atoms with Crippen molar-refractivity contribution in [3.8, 4) is 11.5 Å². The first-order chi connectivity index (χ1) is 30.0. The van der Waals surface area contributed by atoms with Crippen LogP contribution in [0.5, 0.6) is 11.5 Å². The second-order valence-electron chi connectivity index (χ2n) is 18.3. The largest absolute Gasteiger partial charge is 0.455 e. The van der Waals surface area contributed by atoms with Gasteiger partial charge >= 0.3 is 0 Å². The van der Waals surface area contributed by atoms with Gasteiger partial charge in [-0.15, -0.1) is 0 Å². The van der Waals surface area contributed by atoms with Crippen LogP contribution in [-0.2, 0) is 14.8 Å². The predicted molar refractivity (Wildman–Crippen MR) is 240 cm³/mol. The third-order valence-electron chi connectivity index (χ3n) is 14.3. The van der Waals surface area contributed by atoms with E-state index in [4.69, 9.17) is 20.2 Å². The fourth-order valence-corrected chi connectivity index (χ4v) is 11.6. The van der Waals surface area contributed by atoms with Crippen molar-refractivity contribution in [1.29, 1.82) is 0 Å². The molecule has 15 heteroatoms. The van der Waals surface area contributed by atoms with E-state index in [0.717, 1.165) is 76.4 Å². The first-order valence-corrected chi connectivity index (χ1v) is 23.7. The van der Waals surface area contributed by atoms with Crippen LogP contribution in [0.25, 0.3) is 11.0 Å². The van der Waals surface area contributed by atoms with E-state index in [9.17, 15) is 13.2 Å². The number of ether oxygens (including phenoxy) is 2. The number of hydrogen-bond donors (Lipinski definition) is 3. The molecule has 3 aromatic heterocycles. The number of pyridine rings is 2. The average molecular weight is 860 g/mol. The molecule has 1 amide bonds. The molecule has 62 heavy (non-hydrogen) atoms. The summed E-state index contributed by atoms with van der Waals surface area (Å²) < 4.78 is 41.5. The van der Waals surface area contributed by atoms with Crippen LogP contribution in [0.4, 0.5) is 17.2 Å². The Hall–Kier alpha value is -5.22. The summed E-state index contributed by atoms with van der Waals surface area (Å²) in [4.78, 5) is 35.8. The van der Waals surface area contributed by atoms with E-state index in [1.807, 2.05) is 12.1 Å². The summed E-state index contributed by atoms with van der Waals surface area (Å²) in [6, 6.07) is 20.7. The van der Waals surface area contributed by atoms with Crippen LogP contribution in [0.1, 0.15) is 85.8 Å². The minimum atomic E-state index is -4.31. The van der Waals surface area contributed by atoms with Crippen LogP contribution >= 0.6 is 0 Å². The van der Waals surface area contributed by atoms with Gasteiger partial charge in [-0.25, -0.2) is 23.1 Å². The molecule has 4 N–H and O–H groups in total. The number of nitrogens with two attached hydrogens (primary N) is 1. The number of nitrogens with zero attached hydrogens (tertiary/aromatic N) is 6. The Morgan fingerprint density at radius 1 is 0.919 bits per heavy atom. The molecule has 5 fully saturated rings. The fourth-order valence-electron chi connectivity index (χ4n) is 10.6. The number of aromatic amines is 1. The van der Waals surface area contributed by atoms with Gasteiger partial charge in [0.1, 0.15) is 28.5 Å². The van der Waals surface area contributed by atoms with Gasteiger partial charge in [0.15, 0.2) is 0 Å². The number of nitrogen functional groups attached to an aromatic ring is 1. The number of amides is 1. The Balaban J connectivity index is 0.829. The number of anilines is 3. The zero-order valence-corrected chi connectivity index (χ0v) is 36.4. The van der Waals surface area contributed by atoms with E-state index in [2.05, 4.69) is 72.4 Å². The Kier molecular flexibility index (Phi) is 10.9. The summed E-state index contributed by atoms with van der Waals surface area (Å²) in [6.07, 6.45) is 11.8. The molecule has 0 radical (unpaired) electrons. The number of piperazine rings is 1. The van der Waals surface area contributed by atoms with Gasteiger partial charge in [-0.3, -0.25) is 14.6 Å². The number of piperidine rings is 1. The maximum Gasteiger partial charge on any atom is 0.270 e. The highest BCUT2D eigenvalue weighted by molar-refractivity contribution is 7.90. The molecule has 5 aliphatic rings. The quantitative estimate of drug-likeness (QED) is 0.121. The number of H-pyrrole nitrogens is 1. The summed E-state index contributed by atoms with van der Waals surface area (Å²) in [5, 5.41) is 0.839. The number of nitrogens with one attached hydrogen (secondary N) is 2. The molecular weight excluding hydrogens is 803 g/mol. The number of aromatic nitrogens is 3. The van der Waals surface area contributed by atoms with E-state index in [1.54, 1.807) is 24.5 Å². The number of carbonyl (C=O) groups is 1. The minimum absolute atomic E-state index is 0.0136. The second kappa shape index (κ2) is 16.5. The number of likely N-dealkylation sites (tertiary alicyclic amines) is 1. The number of rotatable bonds is 11. The SMILES string of the molecule is CC(C)c1ccccc1C1CCCN1C1CC2(CCN(c3cc(Oc4cnc5[nH]ccc5c4)c(C(=O)NS(=O)(=O)c4ccc(N5CCN(C6COC6)CC5)c(N)c4)cn3)CC2)C1. The van der Waals surface area contributed by atoms with Crippen LogP contribution in [0.2, 0.25) is 0 Å². The molecule has 14 nitrogen and oxygen atoms in total. The van der Waals surface area contributed by atoms with Crippen LogP contribution < -0.4 is 25.0 Å². The molecule has 7 heterocycles. The number of fused-ring (bicyclic) bond motifs is 1. The fraction of sp³-hybridized carbons (Fsp3) is 0.468. The maximum absolute atomic E-state index is 14.0. The van der Waals surface area contributed by atoms with Crippen LogP contribution in [0.3, 0.4) is 0 Å². The van der Waals surface area contributed by atoms with Crippen molar-refractivity contribution in [1.82, 2.24) is 29.5 Å². The molecule has 1 unspecified atom stereocenters. The third-order valence-corrected chi connectivity index (χ3v) is 15.6. The molecule has 4 aliphatic heterocycles. The van der Waals surface area contributed by atoms with Crippen molar-refractivity contribution in [2.24, 2.45) is 5.41 Å². The normalized spacial score (nSPS) is 21.4. The summed E-state index contributed by atoms with van der Waals surface area (Å²) >= 11 is 0. The molecule has 326 valence electrons. The summed E-state index contributed by atoms with van der Waals surface area (Å²) in [5.41, 5.74) is 11.6. The molecule has 2 aromatic carbocycles. The van der Waals surface area contributed by atoms with Gasteiger partial charge in [0.25, 0.3) is 15.9 Å². The third kappa shape index (κ3) is 7.88. The first kappa shape index (κ1) is 40.8. The van der Waals surface area contributed by atoms with Gasteiger partial charge in [-0.05, 0) is 97.9 Å². The van der Waals surface area contributed by atoms with E-state index < -0.39 is 15.9 Å². The Labute approximate surface area is 363 Å². The lowest BCUT2D eigenvalue weighted by Gasteiger charge is -2.56. The first-order valence-electron chi connectivity index (χ1n) is 22.3. The number of sulfonamides is 1. The standard InChI is InChI=1S/C47H57N9O5S/c1-31(2)37-6-3-4-7-38(37)41-8-5-15-56(41)33-25-47(26-33)12-16-55(17-13-47)44-24-43(61-35-22-32-11-14-49-45(32)51-27-35)39(28-50-44)46(57)52-62(58,59)36-9-10-42(40(48)23-36)54-20-18-53(19-21-54)34-29-60-30-34/h3-4,6-7,9-11,14,22-24,27-28,31,33-34,41H,5,8,12-13,15-21,25-26,29-30,48H2,1-2H3,(H,49,51)(H,52,57). The minimum Gasteiger partial charge on any atom is -0.455 e. The predicted octanol–water partition coefficient (Wildman–Crippen LogP) is 6.68. The van der Waals surface area contributed by atoms with Crippen molar-refractivity contribution in [2.45, 2.75) is 81.3 Å². The van der Waals surface area contributed by atoms with Gasteiger partial charge < -0.3 is 30.0 Å². The zero-order chi connectivity index (χ0) is 42.6. The Bertz CT molecular complexity index is 2550. The van der Waals surface area contributed by atoms with E-state index in [-0.39, 0.29) is 16.2 Å². The number of carbonyl (C=O) groups excluding carboxylic acids is 1. The van der Waals surface area contributed by atoms with Gasteiger partial charge in [-0.1, -0.05) is 38.1 Å². The molecule has 1 atom stereocenters. The van der Waals surface area contributed by atoms with E-state index in [0.29, 0.717) is 52.4 Å². The van der Waals surface area contributed by atoms with Gasteiger partial charge in [0, 0.05) is 75.2 Å². The van der Waals surface area contributed by atoms with Gasteiger partial charge in [-0.2, -0.15) is 0 Å². The Morgan fingerprint density at radius 2 is 1.71 bits per heavy atom. The molecule has 0 bridgehead atoms. The van der Waals surface area contributed by atoms with Crippen molar-refractivity contribution < 1.29 is 22.7 Å². The van der Waals surface area contributed by atoms with Crippen molar-refractivity contribution in [3.63, 3.8) is 0 Å². The van der Waals surface area contributed by atoms with Gasteiger partial charge in [0.2, 0.25) is 0 Å². The molecule has 10 rings (SSSR count). The van der Waals surface area contributed by atoms with Crippen LogP contribution in [-0.4, -0.2) is 110 Å². The van der Waals surface area contributed by atoms with Crippen LogP contribution in [0, 0.1) is 5.41 Å². The van der Waals surface area contributed by atoms with E-state index >= 15 is 0 Å². The second-order valence-corrected chi connectivity index (χ2v) is 20.0. The van der Waals surface area contributed by atoms with Crippen molar-refractivity contribution >= 4 is 44.2 Å². The number of benzene rings is 2. The van der Waals surface area contributed by atoms with Crippen LogP contribution in [0.15, 0.2) is 84.1 Å². The molecule has 1 spiro atoms. The molecule has 4 saturated heterocycles. The molecule has 1 aliphatic carbocycles. The highest BCUT2D eigenvalue weighted by Gasteiger charge is 2.50. The number of hydrogen-bond acceptors (Lipinski definition) is 12. The maximum atomic E-state index is 14.0. The lowest BCUT2D eigenvalue weighted by atomic mass is 9.60. The monoisotopic (exact) mass is 859 g/mol. The lowest BCUT2D eigenvalue weighted by Crippen LogP contribution is -2.56. The summed E-state index contributed by atoms with van der Waals surface area (Å²) in [5.74, 6) is 0.923. The van der Waals surface area contributed by atoms with Crippen molar-refractivity contribution in [3.05, 3.63) is 95.9 Å². The summed E-state index contributed by atoms with van der Waals surface area (Å²) in [7, 11) is -4.31. The molecule has 5 aromatic rings. The lowest BCUT2D eigenvalue weighted by molar-refractivity contribution is -0.0660. The van der Waals surface area contributed by atoms with Gasteiger partial charge in [0.05, 0.1) is 41.7 Å². The molecule has 1 saturated carbocycles. The average Bonchev–Trinajstić information content (AvgIpc) is 3.92. The Morgan fingerprint density at radius 3 is 2.45 bits per heavy atom. The zero-order valence-electron chi connectivity index (χ0n) is 35.6.